The Labute approximate surface area is 131 Å². The molecule has 23 heavy (non-hydrogen) atoms. The van der Waals surface area contributed by atoms with Crippen LogP contribution in [0, 0.1) is 18.3 Å². The molecule has 2 aromatic heterocycles. The van der Waals surface area contributed by atoms with E-state index in [0.29, 0.717) is 28.5 Å². The zero-order chi connectivity index (χ0) is 16.7. The van der Waals surface area contributed by atoms with E-state index in [1.807, 2.05) is 6.07 Å². The van der Waals surface area contributed by atoms with Gasteiger partial charge in [-0.25, -0.2) is 0 Å². The van der Waals surface area contributed by atoms with E-state index in [4.69, 9.17) is 8.83 Å². The lowest BCUT2D eigenvalue weighted by Gasteiger charge is -2.25. The standard InChI is InChI=1S/C16H13N3O4/c1-4-19-15(20)11(8(2)12(7-17)16(19)21)5-10-6-13-14(23-10)18-9(3)22-13/h5-6H,4H2,1-3H3/b11-5-. The fraction of sp³-hybridized carbons (Fsp3) is 0.250. The largest absolute Gasteiger partial charge is 0.437 e. The van der Waals surface area contributed by atoms with Gasteiger partial charge in [-0.05, 0) is 25.5 Å². The summed E-state index contributed by atoms with van der Waals surface area (Å²) in [7, 11) is 0. The Balaban J connectivity index is 2.13. The number of carbonyl (C=O) groups is 2. The van der Waals surface area contributed by atoms with Gasteiger partial charge < -0.3 is 8.83 Å². The van der Waals surface area contributed by atoms with Crippen LogP contribution in [-0.4, -0.2) is 28.2 Å². The Bertz CT molecular complexity index is 905. The lowest BCUT2D eigenvalue weighted by molar-refractivity contribution is -0.140. The van der Waals surface area contributed by atoms with Crippen molar-refractivity contribution in [1.82, 2.24) is 9.88 Å². The number of aromatic nitrogens is 1. The van der Waals surface area contributed by atoms with Crippen molar-refractivity contribution in [3.63, 3.8) is 0 Å². The van der Waals surface area contributed by atoms with Crippen molar-refractivity contribution in [2.75, 3.05) is 6.54 Å². The number of rotatable bonds is 2. The average Bonchev–Trinajstić information content (AvgIpc) is 3.01. The van der Waals surface area contributed by atoms with Crippen LogP contribution < -0.4 is 0 Å². The minimum Gasteiger partial charge on any atom is -0.437 e. The second-order valence-electron chi connectivity index (χ2n) is 5.08. The molecule has 0 bridgehead atoms. The summed E-state index contributed by atoms with van der Waals surface area (Å²) in [6.45, 7) is 5.14. The van der Waals surface area contributed by atoms with E-state index in [1.54, 1.807) is 26.8 Å². The number of carbonyl (C=O) groups excluding carboxylic acids is 2. The summed E-state index contributed by atoms with van der Waals surface area (Å²) in [5, 5.41) is 9.18. The molecule has 116 valence electrons. The third-order valence-corrected chi connectivity index (χ3v) is 3.64. The van der Waals surface area contributed by atoms with Crippen LogP contribution in [0.4, 0.5) is 0 Å². The van der Waals surface area contributed by atoms with Crippen molar-refractivity contribution in [2.45, 2.75) is 20.8 Å². The van der Waals surface area contributed by atoms with Crippen LogP contribution in [0.25, 0.3) is 17.4 Å². The topological polar surface area (TPSA) is 100 Å². The lowest BCUT2D eigenvalue weighted by Crippen LogP contribution is -2.42. The van der Waals surface area contributed by atoms with E-state index in [1.165, 1.54) is 6.08 Å². The molecule has 0 spiro atoms. The molecule has 1 aliphatic heterocycles. The van der Waals surface area contributed by atoms with Crippen molar-refractivity contribution in [3.05, 3.63) is 34.4 Å². The van der Waals surface area contributed by atoms with Crippen molar-refractivity contribution in [2.24, 2.45) is 0 Å². The molecule has 3 rings (SSSR count). The molecule has 7 heteroatoms. The highest BCUT2D eigenvalue weighted by atomic mass is 16.4. The highest BCUT2D eigenvalue weighted by Crippen LogP contribution is 2.28. The molecule has 2 amide bonds. The fourth-order valence-electron chi connectivity index (χ4n) is 2.49. The van der Waals surface area contributed by atoms with Crippen molar-refractivity contribution in [1.29, 1.82) is 5.26 Å². The third kappa shape index (κ3) is 2.25. The Morgan fingerprint density at radius 3 is 2.65 bits per heavy atom. The van der Waals surface area contributed by atoms with Gasteiger partial charge in [-0.3, -0.25) is 14.5 Å². The van der Waals surface area contributed by atoms with Crippen molar-refractivity contribution < 1.29 is 18.4 Å². The molecular weight excluding hydrogens is 298 g/mol. The first-order valence-electron chi connectivity index (χ1n) is 7.02. The van der Waals surface area contributed by atoms with E-state index in [0.717, 1.165) is 4.90 Å². The van der Waals surface area contributed by atoms with Crippen LogP contribution in [0.2, 0.25) is 0 Å². The number of amides is 2. The number of hydrogen-bond acceptors (Lipinski definition) is 6. The summed E-state index contributed by atoms with van der Waals surface area (Å²) in [6, 6.07) is 3.48. The molecule has 0 N–H and O–H groups in total. The quantitative estimate of drug-likeness (QED) is 0.623. The monoisotopic (exact) mass is 311 g/mol. The second kappa shape index (κ2) is 5.25. The van der Waals surface area contributed by atoms with Crippen LogP contribution in [0.5, 0.6) is 0 Å². The predicted molar refractivity (Wildman–Crippen MR) is 79.7 cm³/mol. The average molecular weight is 311 g/mol. The molecule has 0 saturated carbocycles. The summed E-state index contributed by atoms with van der Waals surface area (Å²) in [4.78, 5) is 29.7. The Morgan fingerprint density at radius 1 is 1.30 bits per heavy atom. The minimum atomic E-state index is -0.569. The first-order chi connectivity index (χ1) is 11.0. The first kappa shape index (κ1) is 14.8. The summed E-state index contributed by atoms with van der Waals surface area (Å²) >= 11 is 0. The molecule has 1 aliphatic rings. The van der Waals surface area contributed by atoms with Gasteiger partial charge in [-0.2, -0.15) is 10.2 Å². The van der Waals surface area contributed by atoms with Gasteiger partial charge in [0.25, 0.3) is 17.5 Å². The van der Waals surface area contributed by atoms with Gasteiger partial charge in [0.05, 0.1) is 0 Å². The van der Waals surface area contributed by atoms with E-state index >= 15 is 0 Å². The molecule has 0 radical (unpaired) electrons. The Morgan fingerprint density at radius 2 is 2.04 bits per heavy atom. The number of aryl methyl sites for hydroxylation is 1. The predicted octanol–water partition coefficient (Wildman–Crippen LogP) is 2.34. The number of likely N-dealkylation sites (N-methyl/N-ethyl adjacent to an activating group) is 1. The van der Waals surface area contributed by atoms with Crippen LogP contribution in [0.3, 0.4) is 0 Å². The van der Waals surface area contributed by atoms with Gasteiger partial charge in [-0.1, -0.05) is 0 Å². The normalized spacial score (nSPS) is 17.5. The molecule has 0 aromatic carbocycles. The highest BCUT2D eigenvalue weighted by molar-refractivity contribution is 6.19. The molecule has 0 unspecified atom stereocenters. The number of nitriles is 1. The fourth-order valence-corrected chi connectivity index (χ4v) is 2.49. The molecule has 3 heterocycles. The zero-order valence-corrected chi connectivity index (χ0v) is 12.8. The zero-order valence-electron chi connectivity index (χ0n) is 12.8. The van der Waals surface area contributed by atoms with E-state index in [-0.39, 0.29) is 17.7 Å². The van der Waals surface area contributed by atoms with Gasteiger partial charge in [0.15, 0.2) is 11.5 Å². The Kier molecular flexibility index (Phi) is 3.37. The summed E-state index contributed by atoms with van der Waals surface area (Å²) in [6.07, 6.45) is 1.50. The van der Waals surface area contributed by atoms with Gasteiger partial charge in [0, 0.05) is 25.1 Å². The number of oxazole rings is 1. The first-order valence-corrected chi connectivity index (χ1v) is 7.02. The number of fused-ring (bicyclic) bond motifs is 1. The number of nitrogens with zero attached hydrogens (tertiary/aromatic N) is 3. The van der Waals surface area contributed by atoms with Crippen LogP contribution in [0.15, 0.2) is 31.6 Å². The molecule has 0 saturated heterocycles. The maximum absolute atomic E-state index is 12.5. The minimum absolute atomic E-state index is 0.0399. The van der Waals surface area contributed by atoms with Gasteiger partial charge in [0.2, 0.25) is 0 Å². The Hall–Kier alpha value is -3.14. The number of imide groups is 1. The van der Waals surface area contributed by atoms with E-state index in [2.05, 4.69) is 4.98 Å². The summed E-state index contributed by atoms with van der Waals surface area (Å²) in [5.74, 6) is -0.166. The SMILES string of the molecule is CCN1C(=O)C(C#N)=C(C)/C(=C/c2cc3oc(C)nc3o2)C1=O. The second-order valence-corrected chi connectivity index (χ2v) is 5.08. The van der Waals surface area contributed by atoms with Gasteiger partial charge in [0.1, 0.15) is 17.4 Å². The smallest absolute Gasteiger partial charge is 0.271 e. The van der Waals surface area contributed by atoms with Crippen LogP contribution in [0.1, 0.15) is 25.5 Å². The third-order valence-electron chi connectivity index (χ3n) is 3.64. The molecule has 0 fully saturated rings. The van der Waals surface area contributed by atoms with Crippen molar-refractivity contribution >= 4 is 29.2 Å². The van der Waals surface area contributed by atoms with Crippen molar-refractivity contribution in [3.8, 4) is 6.07 Å². The maximum Gasteiger partial charge on any atom is 0.271 e. The number of hydrogen-bond donors (Lipinski definition) is 0. The molecule has 7 nitrogen and oxygen atoms in total. The van der Waals surface area contributed by atoms with Gasteiger partial charge >= 0.3 is 0 Å². The molecular formula is C16H13N3O4. The lowest BCUT2D eigenvalue weighted by atomic mass is 9.95. The van der Waals surface area contributed by atoms with Crippen LogP contribution in [-0.2, 0) is 9.59 Å². The van der Waals surface area contributed by atoms with Gasteiger partial charge in [-0.15, -0.1) is 0 Å². The molecule has 2 aromatic rings. The van der Waals surface area contributed by atoms with E-state index in [9.17, 15) is 14.9 Å². The highest BCUT2D eigenvalue weighted by Gasteiger charge is 2.34. The van der Waals surface area contributed by atoms with E-state index < -0.39 is 11.8 Å². The molecule has 0 atom stereocenters. The van der Waals surface area contributed by atoms with Crippen LogP contribution >= 0.6 is 0 Å². The maximum atomic E-state index is 12.5. The summed E-state index contributed by atoms with van der Waals surface area (Å²) < 4.78 is 10.9. The molecule has 0 aliphatic carbocycles. The number of furan rings is 1. The summed E-state index contributed by atoms with van der Waals surface area (Å²) in [5.41, 5.74) is 1.36.